The molecule has 2 rings (SSSR count). The topological polar surface area (TPSA) is 38.0 Å². The predicted octanol–water partition coefficient (Wildman–Crippen LogP) is 2.58. The summed E-state index contributed by atoms with van der Waals surface area (Å²) >= 11 is 0. The molecule has 1 saturated heterocycles. The van der Waals surface area contributed by atoms with Crippen molar-refractivity contribution in [2.24, 2.45) is 0 Å². The van der Waals surface area contributed by atoms with Crippen molar-refractivity contribution >= 4 is 5.69 Å². The molecular weight excluding hydrogens is 229 g/mol. The number of hydrogen-bond acceptors (Lipinski definition) is 2. The molecule has 5 heteroatoms. The molecule has 17 heavy (non-hydrogen) atoms. The van der Waals surface area contributed by atoms with E-state index >= 15 is 0 Å². The van der Waals surface area contributed by atoms with Gasteiger partial charge < -0.3 is 11.1 Å². The van der Waals surface area contributed by atoms with Crippen LogP contribution in [0.3, 0.4) is 0 Å². The number of hydrogen-bond donors (Lipinski definition) is 2. The van der Waals surface area contributed by atoms with E-state index in [-0.39, 0.29) is 5.69 Å². The number of nitrogens with one attached hydrogen (secondary N) is 1. The van der Waals surface area contributed by atoms with Crippen molar-refractivity contribution in [3.63, 3.8) is 0 Å². The van der Waals surface area contributed by atoms with Gasteiger partial charge in [-0.1, -0.05) is 6.07 Å². The van der Waals surface area contributed by atoms with E-state index in [4.69, 9.17) is 5.73 Å². The second kappa shape index (κ2) is 4.56. The lowest BCUT2D eigenvalue weighted by molar-refractivity contribution is -0.137. The van der Waals surface area contributed by atoms with E-state index in [1.807, 2.05) is 0 Å². The number of halogens is 3. The molecule has 1 aliphatic rings. The molecule has 1 heterocycles. The number of benzene rings is 1. The van der Waals surface area contributed by atoms with Crippen LogP contribution in [0.25, 0.3) is 0 Å². The minimum atomic E-state index is -4.32. The third kappa shape index (κ3) is 2.91. The molecule has 1 fully saturated rings. The molecule has 3 N–H and O–H groups in total. The van der Waals surface area contributed by atoms with E-state index in [2.05, 4.69) is 5.32 Å². The molecule has 2 nitrogen and oxygen atoms in total. The highest BCUT2D eigenvalue weighted by molar-refractivity contribution is 5.50. The first-order valence-corrected chi connectivity index (χ1v) is 5.66. The minimum Gasteiger partial charge on any atom is -0.398 e. The summed E-state index contributed by atoms with van der Waals surface area (Å²) in [5, 5.41) is 3.30. The summed E-state index contributed by atoms with van der Waals surface area (Å²) in [6.45, 7) is 0.977. The molecule has 0 aromatic heterocycles. The maximum absolute atomic E-state index is 12.4. The first-order chi connectivity index (χ1) is 7.97. The third-order valence-electron chi connectivity index (χ3n) is 3.10. The Morgan fingerprint density at radius 2 is 2.12 bits per heavy atom. The van der Waals surface area contributed by atoms with Gasteiger partial charge >= 0.3 is 6.18 Å². The number of nitrogens with two attached hydrogens (primary N) is 1. The largest absolute Gasteiger partial charge is 0.416 e. The van der Waals surface area contributed by atoms with Gasteiger partial charge in [0.1, 0.15) is 0 Å². The van der Waals surface area contributed by atoms with Gasteiger partial charge in [0.15, 0.2) is 0 Å². The average Bonchev–Trinajstić information content (AvgIpc) is 2.72. The first-order valence-electron chi connectivity index (χ1n) is 5.66. The average molecular weight is 244 g/mol. The van der Waals surface area contributed by atoms with Gasteiger partial charge in [0.05, 0.1) is 5.56 Å². The molecular formula is C12H15F3N2. The summed E-state index contributed by atoms with van der Waals surface area (Å²) in [6, 6.07) is 3.94. The van der Waals surface area contributed by atoms with Gasteiger partial charge in [-0.25, -0.2) is 0 Å². The van der Waals surface area contributed by atoms with Crippen molar-refractivity contribution < 1.29 is 13.2 Å². The first kappa shape index (κ1) is 12.2. The predicted molar refractivity (Wildman–Crippen MR) is 60.6 cm³/mol. The van der Waals surface area contributed by atoms with Crippen molar-refractivity contribution in [3.8, 4) is 0 Å². The van der Waals surface area contributed by atoms with Crippen molar-refractivity contribution in [3.05, 3.63) is 29.3 Å². The van der Waals surface area contributed by atoms with Crippen LogP contribution in [-0.4, -0.2) is 12.6 Å². The molecule has 94 valence electrons. The zero-order chi connectivity index (χ0) is 12.5. The Morgan fingerprint density at radius 3 is 2.65 bits per heavy atom. The number of alkyl halides is 3. The van der Waals surface area contributed by atoms with Crippen molar-refractivity contribution in [2.75, 3.05) is 12.3 Å². The number of rotatable bonds is 2. The normalized spacial score (nSPS) is 20.8. The molecule has 0 amide bonds. The Bertz CT molecular complexity index is 395. The molecule has 1 atom stereocenters. The zero-order valence-electron chi connectivity index (χ0n) is 9.35. The van der Waals surface area contributed by atoms with Gasteiger partial charge in [0.2, 0.25) is 0 Å². The van der Waals surface area contributed by atoms with E-state index in [1.165, 1.54) is 6.07 Å². The Labute approximate surface area is 98.0 Å². The van der Waals surface area contributed by atoms with Gasteiger partial charge in [-0.3, -0.25) is 0 Å². The Hall–Kier alpha value is -1.23. The van der Waals surface area contributed by atoms with Gasteiger partial charge in [-0.05, 0) is 43.5 Å². The van der Waals surface area contributed by atoms with Crippen LogP contribution >= 0.6 is 0 Å². The monoisotopic (exact) mass is 244 g/mol. The van der Waals surface area contributed by atoms with Gasteiger partial charge in [0.25, 0.3) is 0 Å². The SMILES string of the molecule is Nc1cc(C(F)(F)F)ccc1CC1CCCN1. The standard InChI is InChI=1S/C12H15F3N2/c13-12(14,15)9-4-3-8(11(16)7-9)6-10-2-1-5-17-10/h3-4,7,10,17H,1-2,5-6,16H2. The highest BCUT2D eigenvalue weighted by Gasteiger charge is 2.30. The summed E-state index contributed by atoms with van der Waals surface area (Å²) in [4.78, 5) is 0. The van der Waals surface area contributed by atoms with Crippen molar-refractivity contribution in [1.29, 1.82) is 0 Å². The quantitative estimate of drug-likeness (QED) is 0.785. The minimum absolute atomic E-state index is 0.230. The number of nitrogen functional groups attached to an aromatic ring is 1. The van der Waals surface area contributed by atoms with E-state index in [0.29, 0.717) is 12.5 Å². The fourth-order valence-corrected chi connectivity index (χ4v) is 2.15. The Morgan fingerprint density at radius 1 is 1.35 bits per heavy atom. The van der Waals surface area contributed by atoms with Crippen LogP contribution in [0.1, 0.15) is 24.0 Å². The Kier molecular flexibility index (Phi) is 3.28. The highest BCUT2D eigenvalue weighted by atomic mass is 19.4. The summed E-state index contributed by atoms with van der Waals surface area (Å²) in [5.41, 5.74) is 6.01. The van der Waals surface area contributed by atoms with Crippen LogP contribution in [0.4, 0.5) is 18.9 Å². The second-order valence-electron chi connectivity index (χ2n) is 4.41. The van der Waals surface area contributed by atoms with Gasteiger partial charge in [-0.2, -0.15) is 13.2 Å². The van der Waals surface area contributed by atoms with Crippen LogP contribution < -0.4 is 11.1 Å². The fraction of sp³-hybridized carbons (Fsp3) is 0.500. The maximum atomic E-state index is 12.4. The van der Waals surface area contributed by atoms with E-state index in [9.17, 15) is 13.2 Å². The molecule has 0 radical (unpaired) electrons. The van der Waals surface area contributed by atoms with Crippen LogP contribution in [0.15, 0.2) is 18.2 Å². The van der Waals surface area contributed by atoms with Crippen LogP contribution in [0.5, 0.6) is 0 Å². The highest BCUT2D eigenvalue weighted by Crippen LogP contribution is 2.31. The fourth-order valence-electron chi connectivity index (χ4n) is 2.15. The van der Waals surface area contributed by atoms with Gasteiger partial charge in [-0.15, -0.1) is 0 Å². The zero-order valence-corrected chi connectivity index (χ0v) is 9.35. The van der Waals surface area contributed by atoms with Crippen LogP contribution in [0, 0.1) is 0 Å². The molecule has 1 aromatic rings. The molecule has 0 saturated carbocycles. The molecule has 1 aromatic carbocycles. The van der Waals surface area contributed by atoms with Crippen LogP contribution in [0.2, 0.25) is 0 Å². The summed E-state index contributed by atoms with van der Waals surface area (Å²) in [5.74, 6) is 0. The lowest BCUT2D eigenvalue weighted by Gasteiger charge is -2.14. The van der Waals surface area contributed by atoms with E-state index in [0.717, 1.165) is 37.1 Å². The molecule has 1 unspecified atom stereocenters. The molecule has 1 aliphatic heterocycles. The smallest absolute Gasteiger partial charge is 0.398 e. The lowest BCUT2D eigenvalue weighted by Crippen LogP contribution is -2.24. The Balaban J connectivity index is 2.14. The molecule has 0 spiro atoms. The third-order valence-corrected chi connectivity index (χ3v) is 3.10. The summed E-state index contributed by atoms with van der Waals surface area (Å²) in [7, 11) is 0. The maximum Gasteiger partial charge on any atom is 0.416 e. The molecule has 0 aliphatic carbocycles. The van der Waals surface area contributed by atoms with E-state index < -0.39 is 11.7 Å². The second-order valence-corrected chi connectivity index (χ2v) is 4.41. The summed E-state index contributed by atoms with van der Waals surface area (Å²) < 4.78 is 37.3. The van der Waals surface area contributed by atoms with Crippen molar-refractivity contribution in [1.82, 2.24) is 5.32 Å². The lowest BCUT2D eigenvalue weighted by atomic mass is 10.0. The number of anilines is 1. The van der Waals surface area contributed by atoms with Crippen molar-refractivity contribution in [2.45, 2.75) is 31.5 Å². The van der Waals surface area contributed by atoms with Gasteiger partial charge in [0, 0.05) is 11.7 Å². The van der Waals surface area contributed by atoms with Crippen LogP contribution in [-0.2, 0) is 12.6 Å². The van der Waals surface area contributed by atoms with E-state index in [1.54, 1.807) is 0 Å². The summed E-state index contributed by atoms with van der Waals surface area (Å²) in [6.07, 6.45) is -1.45. The molecule has 0 bridgehead atoms.